The molecule has 0 unspecified atom stereocenters. The van der Waals surface area contributed by atoms with E-state index in [1.165, 1.54) is 0 Å². The average Bonchev–Trinajstić information content (AvgIpc) is 2.61. The van der Waals surface area contributed by atoms with Gasteiger partial charge in [0, 0.05) is 10.0 Å². The van der Waals surface area contributed by atoms with Gasteiger partial charge in [-0.2, -0.15) is 0 Å². The zero-order valence-corrected chi connectivity index (χ0v) is 12.4. The topological polar surface area (TPSA) is 33.1 Å². The van der Waals surface area contributed by atoms with Crippen molar-refractivity contribution < 1.29 is 5.11 Å². The number of aliphatic hydroxyl groups is 1. The van der Waals surface area contributed by atoms with E-state index in [9.17, 15) is 5.11 Å². The summed E-state index contributed by atoms with van der Waals surface area (Å²) in [6.45, 7) is 5.52. The number of benzene rings is 1. The van der Waals surface area contributed by atoms with Crippen LogP contribution in [0.3, 0.4) is 0 Å². The largest absolute Gasteiger partial charge is 0.385 e. The van der Waals surface area contributed by atoms with Crippen molar-refractivity contribution in [1.82, 2.24) is 4.98 Å². The molecule has 1 aromatic heterocycles. The quantitative estimate of drug-likeness (QED) is 0.905. The van der Waals surface area contributed by atoms with E-state index in [0.717, 1.165) is 25.6 Å². The summed E-state index contributed by atoms with van der Waals surface area (Å²) in [7, 11) is 0. The Bertz CT molecular complexity index is 525. The minimum Gasteiger partial charge on any atom is -0.385 e. The van der Waals surface area contributed by atoms with Crippen LogP contribution in [0.25, 0.3) is 10.6 Å². The SMILES string of the molecule is Cc1nc(-c2ccc(Br)cc2)sc1C(C)(C)O. The fraction of sp³-hybridized carbons (Fsp3) is 0.308. The van der Waals surface area contributed by atoms with Gasteiger partial charge in [0.25, 0.3) is 0 Å². The third-order valence-corrected chi connectivity index (χ3v) is 4.49. The molecule has 1 aromatic carbocycles. The van der Waals surface area contributed by atoms with E-state index in [0.29, 0.717) is 0 Å². The highest BCUT2D eigenvalue weighted by Crippen LogP contribution is 2.34. The molecule has 0 aliphatic rings. The lowest BCUT2D eigenvalue weighted by Crippen LogP contribution is -2.14. The van der Waals surface area contributed by atoms with Crippen LogP contribution in [0.15, 0.2) is 28.7 Å². The molecule has 17 heavy (non-hydrogen) atoms. The lowest BCUT2D eigenvalue weighted by Gasteiger charge is -2.14. The maximum Gasteiger partial charge on any atom is 0.123 e. The van der Waals surface area contributed by atoms with Gasteiger partial charge in [0.2, 0.25) is 0 Å². The predicted molar refractivity (Wildman–Crippen MR) is 75.2 cm³/mol. The Hall–Kier alpha value is -0.710. The van der Waals surface area contributed by atoms with Crippen molar-refractivity contribution in [2.45, 2.75) is 26.4 Å². The van der Waals surface area contributed by atoms with Crippen LogP contribution in [0.2, 0.25) is 0 Å². The fourth-order valence-corrected chi connectivity index (χ4v) is 3.02. The number of aryl methyl sites for hydroxylation is 1. The molecule has 0 fully saturated rings. The highest BCUT2D eigenvalue weighted by Gasteiger charge is 2.23. The van der Waals surface area contributed by atoms with Crippen LogP contribution >= 0.6 is 27.3 Å². The Morgan fingerprint density at radius 3 is 2.29 bits per heavy atom. The Labute approximate surface area is 113 Å². The van der Waals surface area contributed by atoms with Crippen LogP contribution in [0.1, 0.15) is 24.4 Å². The first-order valence-electron chi connectivity index (χ1n) is 5.34. The molecule has 0 amide bonds. The zero-order chi connectivity index (χ0) is 12.6. The number of thiazole rings is 1. The molecule has 0 spiro atoms. The third kappa shape index (κ3) is 2.76. The first-order valence-corrected chi connectivity index (χ1v) is 6.95. The maximum absolute atomic E-state index is 10.0. The van der Waals surface area contributed by atoms with Crippen LogP contribution in [0.4, 0.5) is 0 Å². The molecule has 1 N–H and O–H groups in total. The van der Waals surface area contributed by atoms with Gasteiger partial charge >= 0.3 is 0 Å². The molecular weight excluding hydrogens is 298 g/mol. The summed E-state index contributed by atoms with van der Waals surface area (Å²) in [5.41, 5.74) is 1.16. The molecular formula is C13H14BrNOS. The first kappa shape index (κ1) is 12.7. The van der Waals surface area contributed by atoms with E-state index in [1.54, 1.807) is 25.2 Å². The second-order valence-corrected chi connectivity index (χ2v) is 6.41. The molecule has 2 nitrogen and oxygen atoms in total. The first-order chi connectivity index (χ1) is 7.88. The van der Waals surface area contributed by atoms with Gasteiger partial charge in [-0.15, -0.1) is 11.3 Å². The van der Waals surface area contributed by atoms with E-state index in [1.807, 2.05) is 31.2 Å². The molecule has 0 saturated carbocycles. The predicted octanol–water partition coefficient (Wildman–Crippen LogP) is 4.11. The molecule has 0 saturated heterocycles. The lowest BCUT2D eigenvalue weighted by atomic mass is 10.1. The highest BCUT2D eigenvalue weighted by atomic mass is 79.9. The Morgan fingerprint density at radius 1 is 1.24 bits per heavy atom. The van der Waals surface area contributed by atoms with E-state index in [-0.39, 0.29) is 0 Å². The van der Waals surface area contributed by atoms with Gasteiger partial charge in [-0.3, -0.25) is 0 Å². The van der Waals surface area contributed by atoms with Crippen LogP contribution < -0.4 is 0 Å². The van der Waals surface area contributed by atoms with Crippen molar-refractivity contribution >= 4 is 27.3 Å². The highest BCUT2D eigenvalue weighted by molar-refractivity contribution is 9.10. The van der Waals surface area contributed by atoms with Gasteiger partial charge in [-0.25, -0.2) is 4.98 Å². The Morgan fingerprint density at radius 2 is 1.82 bits per heavy atom. The number of aromatic nitrogens is 1. The fourth-order valence-electron chi connectivity index (χ4n) is 1.68. The molecule has 1 heterocycles. The van der Waals surface area contributed by atoms with Crippen molar-refractivity contribution in [3.63, 3.8) is 0 Å². The molecule has 90 valence electrons. The van der Waals surface area contributed by atoms with Crippen LogP contribution in [0, 0.1) is 6.92 Å². The van der Waals surface area contributed by atoms with E-state index in [2.05, 4.69) is 20.9 Å². The Kier molecular flexibility index (Phi) is 3.39. The van der Waals surface area contributed by atoms with Gasteiger partial charge in [-0.1, -0.05) is 28.1 Å². The molecule has 2 aromatic rings. The van der Waals surface area contributed by atoms with Crippen molar-refractivity contribution in [1.29, 1.82) is 0 Å². The smallest absolute Gasteiger partial charge is 0.123 e. The summed E-state index contributed by atoms with van der Waals surface area (Å²) < 4.78 is 1.05. The number of nitrogens with zero attached hydrogens (tertiary/aromatic N) is 1. The number of halogens is 1. The molecule has 0 aliphatic heterocycles. The second-order valence-electron chi connectivity index (χ2n) is 4.50. The summed E-state index contributed by atoms with van der Waals surface area (Å²) in [4.78, 5) is 5.45. The van der Waals surface area contributed by atoms with Crippen LogP contribution in [-0.2, 0) is 5.60 Å². The summed E-state index contributed by atoms with van der Waals surface area (Å²) in [6, 6.07) is 8.04. The minimum absolute atomic E-state index is 0.824. The van der Waals surface area contributed by atoms with E-state index in [4.69, 9.17) is 0 Å². The Balaban J connectivity index is 2.45. The molecule has 4 heteroatoms. The van der Waals surface area contributed by atoms with Crippen LogP contribution in [-0.4, -0.2) is 10.1 Å². The maximum atomic E-state index is 10.0. The zero-order valence-electron chi connectivity index (χ0n) is 9.99. The van der Waals surface area contributed by atoms with Crippen molar-refractivity contribution in [2.75, 3.05) is 0 Å². The number of hydrogen-bond acceptors (Lipinski definition) is 3. The van der Waals surface area contributed by atoms with Crippen molar-refractivity contribution in [3.05, 3.63) is 39.3 Å². The second kappa shape index (κ2) is 4.52. The number of rotatable bonds is 2. The standard InChI is InChI=1S/C13H14BrNOS/c1-8-11(13(2,3)16)17-12(15-8)9-4-6-10(14)7-5-9/h4-7,16H,1-3H3. The van der Waals surface area contributed by atoms with E-state index >= 15 is 0 Å². The summed E-state index contributed by atoms with van der Waals surface area (Å²) in [5.74, 6) is 0. The van der Waals surface area contributed by atoms with Gasteiger partial charge in [0.05, 0.1) is 16.2 Å². The van der Waals surface area contributed by atoms with Crippen molar-refractivity contribution in [2.24, 2.45) is 0 Å². The average molecular weight is 312 g/mol. The molecule has 0 radical (unpaired) electrons. The molecule has 0 atom stereocenters. The summed E-state index contributed by atoms with van der Waals surface area (Å²) in [5, 5.41) is 11.0. The monoisotopic (exact) mass is 311 g/mol. The molecule has 2 rings (SSSR count). The summed E-state index contributed by atoms with van der Waals surface area (Å²) >= 11 is 4.96. The normalized spacial score (nSPS) is 11.8. The van der Waals surface area contributed by atoms with Gasteiger partial charge < -0.3 is 5.11 Å². The van der Waals surface area contributed by atoms with Gasteiger partial charge in [-0.05, 0) is 32.9 Å². The number of hydrogen-bond donors (Lipinski definition) is 1. The summed E-state index contributed by atoms with van der Waals surface area (Å²) in [6.07, 6.45) is 0. The van der Waals surface area contributed by atoms with Crippen LogP contribution in [0.5, 0.6) is 0 Å². The molecule has 0 aliphatic carbocycles. The van der Waals surface area contributed by atoms with Crippen molar-refractivity contribution in [3.8, 4) is 10.6 Å². The minimum atomic E-state index is -0.824. The van der Waals surface area contributed by atoms with E-state index < -0.39 is 5.60 Å². The van der Waals surface area contributed by atoms with Gasteiger partial charge in [0.15, 0.2) is 0 Å². The van der Waals surface area contributed by atoms with Gasteiger partial charge in [0.1, 0.15) is 5.01 Å². The lowest BCUT2D eigenvalue weighted by molar-refractivity contribution is 0.0817. The molecule has 0 bridgehead atoms. The third-order valence-electron chi connectivity index (χ3n) is 2.44.